The zero-order valence-electron chi connectivity index (χ0n) is 21.5. The summed E-state index contributed by atoms with van der Waals surface area (Å²) < 4.78 is 104. The van der Waals surface area contributed by atoms with Gasteiger partial charge in [0.15, 0.2) is 21.5 Å². The van der Waals surface area contributed by atoms with Gasteiger partial charge < -0.3 is 10.4 Å². The number of alkyl halides is 6. The molecule has 0 radical (unpaired) electrons. The van der Waals surface area contributed by atoms with E-state index in [9.17, 15) is 44.7 Å². The number of halogens is 6. The number of nitrogens with one attached hydrogen (secondary N) is 1. The SMILES string of the molecule is Cc1nc([C@H](C)NC(=O)c2cc(C(F)(F)F)cc(C(F)(F)F)c2)n(-c2ccc(C(O)N3CCS(=O)(=O)CC3)cn2)n1. The number of aliphatic hydroxyl groups is 1. The van der Waals surface area contributed by atoms with E-state index in [4.69, 9.17) is 0 Å². The highest BCUT2D eigenvalue weighted by Crippen LogP contribution is 2.36. The minimum Gasteiger partial charge on any atom is -0.374 e. The minimum atomic E-state index is -5.11. The average Bonchev–Trinajstić information content (AvgIpc) is 3.29. The van der Waals surface area contributed by atoms with Crippen LogP contribution in [0.1, 0.15) is 57.9 Å². The first-order valence-electron chi connectivity index (χ1n) is 12.1. The van der Waals surface area contributed by atoms with Crippen molar-refractivity contribution in [2.45, 2.75) is 38.5 Å². The maximum absolute atomic E-state index is 13.2. The molecule has 1 saturated heterocycles. The Morgan fingerprint density at radius 1 is 1.02 bits per heavy atom. The van der Waals surface area contributed by atoms with Crippen molar-refractivity contribution in [2.24, 2.45) is 0 Å². The Balaban J connectivity index is 1.55. The number of sulfone groups is 1. The summed E-state index contributed by atoms with van der Waals surface area (Å²) in [6.07, 6.45) is -10.0. The molecule has 0 saturated carbocycles. The third kappa shape index (κ3) is 7.02. The minimum absolute atomic E-state index is 0.0698. The Bertz CT molecular complexity index is 1490. The second-order valence-electron chi connectivity index (χ2n) is 9.43. The maximum atomic E-state index is 13.2. The summed E-state index contributed by atoms with van der Waals surface area (Å²) in [6, 6.07) is 2.57. The third-order valence-corrected chi connectivity index (χ3v) is 7.94. The van der Waals surface area contributed by atoms with Gasteiger partial charge in [-0.25, -0.2) is 18.4 Å². The molecule has 222 valence electrons. The Morgan fingerprint density at radius 2 is 1.61 bits per heavy atom. The molecule has 1 aromatic carbocycles. The lowest BCUT2D eigenvalue weighted by molar-refractivity contribution is -0.143. The fraction of sp³-hybridized carbons (Fsp3) is 0.417. The largest absolute Gasteiger partial charge is 0.416 e. The molecule has 3 heterocycles. The first-order chi connectivity index (χ1) is 18.9. The van der Waals surface area contributed by atoms with E-state index in [-0.39, 0.29) is 48.1 Å². The van der Waals surface area contributed by atoms with Crippen LogP contribution in [0.15, 0.2) is 36.5 Å². The number of aromatic nitrogens is 4. The maximum Gasteiger partial charge on any atom is 0.416 e. The molecule has 3 aromatic rings. The quantitative estimate of drug-likeness (QED) is 0.410. The van der Waals surface area contributed by atoms with Crippen LogP contribution >= 0.6 is 0 Å². The zero-order valence-corrected chi connectivity index (χ0v) is 22.3. The summed E-state index contributed by atoms with van der Waals surface area (Å²) >= 11 is 0. The van der Waals surface area contributed by atoms with E-state index in [2.05, 4.69) is 20.4 Å². The van der Waals surface area contributed by atoms with Crippen LogP contribution in [-0.4, -0.2) is 68.7 Å². The number of aliphatic hydroxyl groups excluding tert-OH is 1. The van der Waals surface area contributed by atoms with Crippen LogP contribution < -0.4 is 5.32 Å². The first-order valence-corrected chi connectivity index (χ1v) is 13.9. The molecule has 2 N–H and O–H groups in total. The van der Waals surface area contributed by atoms with E-state index in [1.54, 1.807) is 4.90 Å². The molecule has 0 spiro atoms. The van der Waals surface area contributed by atoms with Gasteiger partial charge in [0.1, 0.15) is 12.1 Å². The number of benzene rings is 1. The molecule has 1 amide bonds. The number of aryl methyl sites for hydroxylation is 1. The van der Waals surface area contributed by atoms with E-state index in [1.165, 1.54) is 36.9 Å². The van der Waals surface area contributed by atoms with Gasteiger partial charge in [-0.1, -0.05) is 0 Å². The molecular weight excluding hydrogens is 582 g/mol. The summed E-state index contributed by atoms with van der Waals surface area (Å²) in [5.74, 6) is -0.855. The summed E-state index contributed by atoms with van der Waals surface area (Å²) in [4.78, 5) is 22.8. The second-order valence-corrected chi connectivity index (χ2v) is 11.7. The predicted molar refractivity (Wildman–Crippen MR) is 131 cm³/mol. The number of amides is 1. The van der Waals surface area contributed by atoms with Crippen LogP contribution in [0.3, 0.4) is 0 Å². The van der Waals surface area contributed by atoms with Gasteiger partial charge in [-0.05, 0) is 44.2 Å². The van der Waals surface area contributed by atoms with Crippen molar-refractivity contribution in [2.75, 3.05) is 24.6 Å². The summed E-state index contributed by atoms with van der Waals surface area (Å²) in [5.41, 5.74) is -3.72. The standard InChI is InChI=1S/C24H24F6N6O4S/c1-13(32-21(37)16-9-17(23(25,26)27)11-18(10-16)24(28,29)30)20-33-14(2)34-36(20)19-4-3-15(12-31-19)22(38)35-5-7-41(39,40)8-6-35/h3-4,9-13,22,38H,5-8H2,1-2H3,(H,32,37)/t13-,22?/m0/s1. The number of carbonyl (C=O) groups is 1. The summed E-state index contributed by atoms with van der Waals surface area (Å²) in [5, 5.41) is 17.2. The average molecular weight is 607 g/mol. The van der Waals surface area contributed by atoms with Crippen molar-refractivity contribution in [3.8, 4) is 5.82 Å². The van der Waals surface area contributed by atoms with Gasteiger partial charge in [-0.2, -0.15) is 31.0 Å². The van der Waals surface area contributed by atoms with Crippen LogP contribution in [0.25, 0.3) is 5.82 Å². The van der Waals surface area contributed by atoms with Gasteiger partial charge in [0.2, 0.25) is 0 Å². The molecule has 41 heavy (non-hydrogen) atoms. The summed E-state index contributed by atoms with van der Waals surface area (Å²) in [7, 11) is -3.15. The van der Waals surface area contributed by atoms with Gasteiger partial charge in [-0.3, -0.25) is 9.69 Å². The Morgan fingerprint density at radius 3 is 2.12 bits per heavy atom. The molecule has 4 rings (SSSR count). The Kier molecular flexibility index (Phi) is 8.17. The second kappa shape index (κ2) is 11.0. The molecule has 17 heteroatoms. The molecule has 1 fully saturated rings. The molecule has 1 aliphatic rings. The number of hydrogen-bond donors (Lipinski definition) is 2. The van der Waals surface area contributed by atoms with Gasteiger partial charge in [-0.15, -0.1) is 5.10 Å². The lowest BCUT2D eigenvalue weighted by Gasteiger charge is -2.31. The van der Waals surface area contributed by atoms with Crippen LogP contribution in [0.5, 0.6) is 0 Å². The van der Waals surface area contributed by atoms with Crippen LogP contribution in [-0.2, 0) is 22.2 Å². The molecule has 2 aromatic heterocycles. The number of pyridine rings is 1. The normalized spacial score (nSPS) is 17.7. The lowest BCUT2D eigenvalue weighted by atomic mass is 10.0. The topological polar surface area (TPSA) is 130 Å². The highest BCUT2D eigenvalue weighted by atomic mass is 32.2. The summed E-state index contributed by atoms with van der Waals surface area (Å²) in [6.45, 7) is 3.23. The van der Waals surface area contributed by atoms with E-state index in [0.717, 1.165) is 0 Å². The van der Waals surface area contributed by atoms with Crippen molar-refractivity contribution in [1.29, 1.82) is 0 Å². The van der Waals surface area contributed by atoms with Gasteiger partial charge in [0.25, 0.3) is 5.91 Å². The molecule has 1 unspecified atom stereocenters. The van der Waals surface area contributed by atoms with E-state index in [0.29, 0.717) is 17.7 Å². The highest BCUT2D eigenvalue weighted by molar-refractivity contribution is 7.91. The van der Waals surface area contributed by atoms with Crippen LogP contribution in [0.2, 0.25) is 0 Å². The van der Waals surface area contributed by atoms with Crippen molar-refractivity contribution >= 4 is 15.7 Å². The fourth-order valence-corrected chi connectivity index (χ4v) is 5.40. The predicted octanol–water partition coefficient (Wildman–Crippen LogP) is 3.22. The monoisotopic (exact) mass is 606 g/mol. The van der Waals surface area contributed by atoms with Gasteiger partial charge >= 0.3 is 12.4 Å². The van der Waals surface area contributed by atoms with Gasteiger partial charge in [0, 0.05) is 30.4 Å². The lowest BCUT2D eigenvalue weighted by Crippen LogP contribution is -2.42. The molecule has 1 aliphatic heterocycles. The highest BCUT2D eigenvalue weighted by Gasteiger charge is 2.38. The fourth-order valence-electron chi connectivity index (χ4n) is 4.17. The van der Waals surface area contributed by atoms with Crippen LogP contribution in [0, 0.1) is 6.92 Å². The number of nitrogens with zero attached hydrogens (tertiary/aromatic N) is 5. The zero-order chi connectivity index (χ0) is 30.3. The van der Waals surface area contributed by atoms with Crippen molar-refractivity contribution in [1.82, 2.24) is 30.0 Å². The number of hydrogen-bond acceptors (Lipinski definition) is 8. The molecule has 0 bridgehead atoms. The Hall–Kier alpha value is -3.57. The first kappa shape index (κ1) is 30.4. The number of carbonyl (C=O) groups excluding carboxylic acids is 1. The van der Waals surface area contributed by atoms with Crippen molar-refractivity contribution < 1.29 is 44.7 Å². The van der Waals surface area contributed by atoms with Crippen molar-refractivity contribution in [3.63, 3.8) is 0 Å². The number of rotatable bonds is 6. The molecule has 10 nitrogen and oxygen atoms in total. The van der Waals surface area contributed by atoms with E-state index >= 15 is 0 Å². The van der Waals surface area contributed by atoms with E-state index < -0.39 is 57.1 Å². The van der Waals surface area contributed by atoms with Crippen molar-refractivity contribution in [3.05, 3.63) is 70.4 Å². The van der Waals surface area contributed by atoms with E-state index in [1.807, 2.05) is 0 Å². The third-order valence-electron chi connectivity index (χ3n) is 6.33. The van der Waals surface area contributed by atoms with Crippen LogP contribution in [0.4, 0.5) is 26.3 Å². The molecule has 2 atom stereocenters. The van der Waals surface area contributed by atoms with Gasteiger partial charge in [0.05, 0.1) is 28.7 Å². The molecule has 0 aliphatic carbocycles. The smallest absolute Gasteiger partial charge is 0.374 e. The molecular formula is C24H24F6N6O4S. The Labute approximate surface area is 229 Å².